The van der Waals surface area contributed by atoms with E-state index in [1.807, 2.05) is 49.8 Å². The van der Waals surface area contributed by atoms with Crippen molar-refractivity contribution >= 4 is 16.9 Å². The van der Waals surface area contributed by atoms with Crippen LogP contribution in [0.1, 0.15) is 40.1 Å². The number of carbonyl (C=O) groups excluding carboxylic acids is 1. The van der Waals surface area contributed by atoms with E-state index in [0.717, 1.165) is 51.4 Å². The lowest BCUT2D eigenvalue weighted by molar-refractivity contribution is 0.0779. The summed E-state index contributed by atoms with van der Waals surface area (Å²) in [6.45, 7) is 6.47. The molecule has 1 N–H and O–H groups in total. The molecule has 0 saturated carbocycles. The molecule has 4 aromatic rings. The number of furan rings is 1. The number of para-hydroxylation sites is 1. The van der Waals surface area contributed by atoms with E-state index < -0.39 is 0 Å². The van der Waals surface area contributed by atoms with Crippen molar-refractivity contribution in [2.75, 3.05) is 7.05 Å². The number of hydrogen-bond donors (Lipinski definition) is 1. The van der Waals surface area contributed by atoms with Gasteiger partial charge in [-0.2, -0.15) is 10.2 Å². The second kappa shape index (κ2) is 7.24. The zero-order valence-corrected chi connectivity index (χ0v) is 17.4. The van der Waals surface area contributed by atoms with Gasteiger partial charge < -0.3 is 9.32 Å². The number of rotatable bonds is 5. The van der Waals surface area contributed by atoms with Crippen LogP contribution < -0.4 is 0 Å². The topological polar surface area (TPSA) is 79.9 Å². The molecule has 1 amide bonds. The molecule has 3 heterocycles. The van der Waals surface area contributed by atoms with Crippen LogP contribution in [0.2, 0.25) is 0 Å². The average Bonchev–Trinajstić information content (AvgIpc) is 3.38. The number of amides is 1. The number of nitrogens with one attached hydrogen (secondary N) is 1. The Bertz CT molecular complexity index is 1200. The number of aryl methyl sites for hydroxylation is 3. The SMILES string of the molecule is CCc1oc2ccccc2c1CN(C)C(=O)c1cc(-c2c(C)nn(C)c2C)n[nH]1. The van der Waals surface area contributed by atoms with Crippen LogP contribution in [0.4, 0.5) is 0 Å². The summed E-state index contributed by atoms with van der Waals surface area (Å²) in [7, 11) is 3.70. The van der Waals surface area contributed by atoms with Gasteiger partial charge in [-0.3, -0.25) is 14.6 Å². The molecule has 0 saturated heterocycles. The zero-order valence-electron chi connectivity index (χ0n) is 17.4. The van der Waals surface area contributed by atoms with Gasteiger partial charge in [0.25, 0.3) is 5.91 Å². The lowest BCUT2D eigenvalue weighted by Gasteiger charge is -2.16. The Morgan fingerprint density at radius 3 is 2.72 bits per heavy atom. The van der Waals surface area contributed by atoms with E-state index >= 15 is 0 Å². The Hall–Kier alpha value is -3.35. The summed E-state index contributed by atoms with van der Waals surface area (Å²) in [5.41, 5.74) is 5.95. The quantitative estimate of drug-likeness (QED) is 0.557. The summed E-state index contributed by atoms with van der Waals surface area (Å²) in [6.07, 6.45) is 0.778. The third-order valence-corrected chi connectivity index (χ3v) is 5.42. The van der Waals surface area contributed by atoms with E-state index in [1.54, 1.807) is 18.0 Å². The highest BCUT2D eigenvalue weighted by atomic mass is 16.3. The fourth-order valence-corrected chi connectivity index (χ4v) is 3.83. The molecule has 150 valence electrons. The van der Waals surface area contributed by atoms with Gasteiger partial charge in [-0.1, -0.05) is 25.1 Å². The van der Waals surface area contributed by atoms with Crippen LogP contribution in [0.25, 0.3) is 22.2 Å². The van der Waals surface area contributed by atoms with Crippen LogP contribution >= 0.6 is 0 Å². The maximum absolute atomic E-state index is 13.0. The van der Waals surface area contributed by atoms with E-state index in [2.05, 4.69) is 22.2 Å². The predicted octanol–water partition coefficient (Wildman–Crippen LogP) is 4.01. The van der Waals surface area contributed by atoms with Gasteiger partial charge in [0.05, 0.1) is 11.4 Å². The molecule has 0 radical (unpaired) electrons. The highest BCUT2D eigenvalue weighted by Crippen LogP contribution is 2.28. The molecule has 0 bridgehead atoms. The lowest BCUT2D eigenvalue weighted by Crippen LogP contribution is -2.26. The lowest BCUT2D eigenvalue weighted by atomic mass is 10.1. The second-order valence-electron chi connectivity index (χ2n) is 7.35. The first kappa shape index (κ1) is 19.0. The van der Waals surface area contributed by atoms with Gasteiger partial charge >= 0.3 is 0 Å². The minimum atomic E-state index is -0.115. The fourth-order valence-electron chi connectivity index (χ4n) is 3.83. The van der Waals surface area contributed by atoms with Gasteiger partial charge in [-0.05, 0) is 26.0 Å². The molecule has 0 aliphatic carbocycles. The fraction of sp³-hybridized carbons (Fsp3) is 0.318. The third kappa shape index (κ3) is 3.22. The highest BCUT2D eigenvalue weighted by molar-refractivity contribution is 5.93. The summed E-state index contributed by atoms with van der Waals surface area (Å²) in [4.78, 5) is 14.7. The minimum Gasteiger partial charge on any atom is -0.461 e. The summed E-state index contributed by atoms with van der Waals surface area (Å²) in [5, 5.41) is 12.7. The number of H-pyrrole nitrogens is 1. The van der Waals surface area contributed by atoms with Crippen molar-refractivity contribution in [3.05, 3.63) is 58.7 Å². The first-order chi connectivity index (χ1) is 13.9. The number of benzene rings is 1. The van der Waals surface area contributed by atoms with E-state index in [0.29, 0.717) is 12.2 Å². The Morgan fingerprint density at radius 1 is 1.28 bits per heavy atom. The van der Waals surface area contributed by atoms with Crippen molar-refractivity contribution < 1.29 is 9.21 Å². The molecule has 0 aliphatic heterocycles. The number of carbonyl (C=O) groups is 1. The molecule has 0 atom stereocenters. The number of nitrogens with zero attached hydrogens (tertiary/aromatic N) is 4. The first-order valence-corrected chi connectivity index (χ1v) is 9.71. The van der Waals surface area contributed by atoms with Crippen LogP contribution in [0.3, 0.4) is 0 Å². The molecule has 1 aromatic carbocycles. The van der Waals surface area contributed by atoms with E-state index in [9.17, 15) is 4.79 Å². The minimum absolute atomic E-state index is 0.115. The molecule has 0 aliphatic rings. The van der Waals surface area contributed by atoms with Crippen LogP contribution in [-0.2, 0) is 20.0 Å². The Kier molecular flexibility index (Phi) is 4.74. The van der Waals surface area contributed by atoms with Gasteiger partial charge in [0.2, 0.25) is 0 Å². The normalized spacial score (nSPS) is 11.3. The summed E-state index contributed by atoms with van der Waals surface area (Å²) >= 11 is 0. The molecular formula is C22H25N5O2. The Labute approximate surface area is 169 Å². The molecule has 4 rings (SSSR count). The van der Waals surface area contributed by atoms with E-state index in [-0.39, 0.29) is 5.91 Å². The smallest absolute Gasteiger partial charge is 0.271 e. The monoisotopic (exact) mass is 391 g/mol. The van der Waals surface area contributed by atoms with Gasteiger partial charge in [0.1, 0.15) is 17.0 Å². The van der Waals surface area contributed by atoms with Crippen molar-refractivity contribution in [2.45, 2.75) is 33.7 Å². The summed E-state index contributed by atoms with van der Waals surface area (Å²) in [6, 6.07) is 9.73. The van der Waals surface area contributed by atoms with Crippen molar-refractivity contribution in [1.82, 2.24) is 24.9 Å². The van der Waals surface area contributed by atoms with E-state index in [4.69, 9.17) is 4.42 Å². The summed E-state index contributed by atoms with van der Waals surface area (Å²) < 4.78 is 7.78. The van der Waals surface area contributed by atoms with Crippen molar-refractivity contribution in [1.29, 1.82) is 0 Å². The largest absolute Gasteiger partial charge is 0.461 e. The van der Waals surface area contributed by atoms with Gasteiger partial charge in [-0.25, -0.2) is 0 Å². The molecular weight excluding hydrogens is 366 g/mol. The van der Waals surface area contributed by atoms with Crippen LogP contribution in [0.5, 0.6) is 0 Å². The first-order valence-electron chi connectivity index (χ1n) is 9.71. The van der Waals surface area contributed by atoms with Crippen molar-refractivity contribution in [3.63, 3.8) is 0 Å². The average molecular weight is 391 g/mol. The molecule has 7 heteroatoms. The highest BCUT2D eigenvalue weighted by Gasteiger charge is 2.21. The van der Waals surface area contributed by atoms with E-state index in [1.165, 1.54) is 0 Å². The predicted molar refractivity (Wildman–Crippen MR) is 112 cm³/mol. The zero-order chi connectivity index (χ0) is 20.7. The molecule has 29 heavy (non-hydrogen) atoms. The van der Waals surface area contributed by atoms with Crippen molar-refractivity contribution in [2.24, 2.45) is 7.05 Å². The van der Waals surface area contributed by atoms with Crippen LogP contribution in [0, 0.1) is 13.8 Å². The molecule has 0 unspecified atom stereocenters. The molecule has 0 spiro atoms. The number of aromatic amines is 1. The number of hydrogen-bond acceptors (Lipinski definition) is 4. The Balaban J connectivity index is 1.61. The number of aromatic nitrogens is 4. The van der Waals surface area contributed by atoms with Gasteiger partial charge in [0, 0.05) is 49.3 Å². The van der Waals surface area contributed by atoms with Gasteiger partial charge in [-0.15, -0.1) is 0 Å². The third-order valence-electron chi connectivity index (χ3n) is 5.42. The molecule has 7 nitrogen and oxygen atoms in total. The summed E-state index contributed by atoms with van der Waals surface area (Å²) in [5.74, 6) is 0.799. The number of fused-ring (bicyclic) bond motifs is 1. The second-order valence-corrected chi connectivity index (χ2v) is 7.35. The Morgan fingerprint density at radius 2 is 2.03 bits per heavy atom. The standard InChI is InChI=1S/C22H25N5O2/c1-6-19-16(15-9-7-8-10-20(15)29-19)12-26(4)22(28)18-11-17(23-24-18)21-13(2)25-27(5)14(21)3/h7-11H,6,12H2,1-5H3,(H,23,24). The van der Waals surface area contributed by atoms with Crippen molar-refractivity contribution in [3.8, 4) is 11.3 Å². The molecule has 0 fully saturated rings. The van der Waals surface area contributed by atoms with Crippen LogP contribution in [0.15, 0.2) is 34.7 Å². The maximum Gasteiger partial charge on any atom is 0.271 e. The molecule has 3 aromatic heterocycles. The van der Waals surface area contributed by atoms with Crippen LogP contribution in [-0.4, -0.2) is 37.8 Å². The maximum atomic E-state index is 13.0. The van der Waals surface area contributed by atoms with Gasteiger partial charge in [0.15, 0.2) is 0 Å².